The van der Waals surface area contributed by atoms with Gasteiger partial charge in [-0.1, -0.05) is 18.2 Å². The maximum absolute atomic E-state index is 11.5. The van der Waals surface area contributed by atoms with Gasteiger partial charge in [-0.15, -0.1) is 0 Å². The maximum Gasteiger partial charge on any atom is 0.158 e. The van der Waals surface area contributed by atoms with Crippen molar-refractivity contribution >= 4 is 11.9 Å². The van der Waals surface area contributed by atoms with Crippen LogP contribution >= 0.6 is 0 Å². The average Bonchev–Trinajstić information content (AvgIpc) is 2.65. The van der Waals surface area contributed by atoms with Crippen LogP contribution in [0, 0.1) is 0 Å². The zero-order valence-electron chi connectivity index (χ0n) is 8.82. The Bertz CT molecular complexity index is 405. The van der Waals surface area contributed by atoms with Crippen LogP contribution in [0.1, 0.15) is 24.8 Å². The van der Waals surface area contributed by atoms with E-state index < -0.39 is 0 Å². The van der Waals surface area contributed by atoms with Crippen molar-refractivity contribution < 1.29 is 9.53 Å². The molecule has 1 aliphatic carbocycles. The van der Waals surface area contributed by atoms with Crippen molar-refractivity contribution in [3.05, 3.63) is 35.4 Å². The molecule has 0 N–H and O–H groups in total. The summed E-state index contributed by atoms with van der Waals surface area (Å²) in [5, 5.41) is 0. The lowest BCUT2D eigenvalue weighted by atomic mass is 10.1. The van der Waals surface area contributed by atoms with Gasteiger partial charge in [0.05, 0.1) is 7.11 Å². The van der Waals surface area contributed by atoms with Crippen LogP contribution in [0.3, 0.4) is 0 Å². The number of rotatable bonds is 2. The Hall–Kier alpha value is -1.57. The summed E-state index contributed by atoms with van der Waals surface area (Å²) in [6, 6.07) is 7.76. The van der Waals surface area contributed by atoms with Crippen molar-refractivity contribution in [3.63, 3.8) is 0 Å². The summed E-state index contributed by atoms with van der Waals surface area (Å²) in [4.78, 5) is 11.5. The molecule has 2 heteroatoms. The second-order valence-corrected chi connectivity index (χ2v) is 3.69. The molecule has 0 aromatic heterocycles. The van der Waals surface area contributed by atoms with Crippen LogP contribution in [0.4, 0.5) is 0 Å². The summed E-state index contributed by atoms with van der Waals surface area (Å²) in [6.45, 7) is 0. The van der Waals surface area contributed by atoms with Crippen LogP contribution in [0.25, 0.3) is 6.08 Å². The predicted molar refractivity (Wildman–Crippen MR) is 59.8 cm³/mol. The highest BCUT2D eigenvalue weighted by Crippen LogP contribution is 2.26. The number of hydrogen-bond acceptors (Lipinski definition) is 2. The Morgan fingerprint density at radius 3 is 2.73 bits per heavy atom. The smallest absolute Gasteiger partial charge is 0.158 e. The first-order chi connectivity index (χ1) is 7.31. The number of para-hydroxylation sites is 1. The van der Waals surface area contributed by atoms with Crippen molar-refractivity contribution in [1.82, 2.24) is 0 Å². The van der Waals surface area contributed by atoms with Crippen LogP contribution in [-0.2, 0) is 4.79 Å². The molecule has 1 aromatic carbocycles. The first-order valence-electron chi connectivity index (χ1n) is 5.18. The molecule has 2 rings (SSSR count). The normalized spacial score (nSPS) is 18.5. The Morgan fingerprint density at radius 2 is 2.07 bits per heavy atom. The highest BCUT2D eigenvalue weighted by Gasteiger charge is 2.16. The number of carbonyl (C=O) groups is 1. The number of Topliss-reactive ketones (excluding diaryl/α,β-unsaturated/α-hetero) is 1. The van der Waals surface area contributed by atoms with Crippen molar-refractivity contribution in [3.8, 4) is 5.75 Å². The molecule has 0 atom stereocenters. The van der Waals surface area contributed by atoms with Crippen LogP contribution in [0.2, 0.25) is 0 Å². The second-order valence-electron chi connectivity index (χ2n) is 3.69. The minimum Gasteiger partial charge on any atom is -0.496 e. The molecule has 0 heterocycles. The van der Waals surface area contributed by atoms with Gasteiger partial charge < -0.3 is 4.74 Å². The number of ketones is 1. The summed E-state index contributed by atoms with van der Waals surface area (Å²) in [6.07, 6.45) is 4.53. The van der Waals surface area contributed by atoms with Gasteiger partial charge in [-0.2, -0.15) is 0 Å². The molecule has 0 bridgehead atoms. The highest BCUT2D eigenvalue weighted by molar-refractivity contribution is 6.01. The number of allylic oxidation sites excluding steroid dienone is 1. The van der Waals surface area contributed by atoms with Crippen molar-refractivity contribution in [2.45, 2.75) is 19.3 Å². The third-order valence-corrected chi connectivity index (χ3v) is 2.68. The first-order valence-corrected chi connectivity index (χ1v) is 5.18. The summed E-state index contributed by atoms with van der Waals surface area (Å²) >= 11 is 0. The van der Waals surface area contributed by atoms with E-state index in [0.29, 0.717) is 6.42 Å². The van der Waals surface area contributed by atoms with Gasteiger partial charge in [0.25, 0.3) is 0 Å². The third kappa shape index (κ3) is 2.09. The number of ether oxygens (including phenoxy) is 1. The lowest BCUT2D eigenvalue weighted by Crippen LogP contribution is -1.92. The van der Waals surface area contributed by atoms with E-state index in [-0.39, 0.29) is 5.78 Å². The molecule has 0 saturated heterocycles. The standard InChI is InChI=1S/C13H14O2/c1-15-13-8-3-2-5-11(13)9-10-6-4-7-12(10)14/h2-3,5,8-9H,4,6-7H2,1H3/b10-9+. The predicted octanol–water partition coefficient (Wildman–Crippen LogP) is 2.83. The average molecular weight is 202 g/mol. The molecule has 0 unspecified atom stereocenters. The fraction of sp³-hybridized carbons (Fsp3) is 0.308. The third-order valence-electron chi connectivity index (χ3n) is 2.68. The molecule has 15 heavy (non-hydrogen) atoms. The fourth-order valence-corrected chi connectivity index (χ4v) is 1.87. The van der Waals surface area contributed by atoms with E-state index in [2.05, 4.69) is 0 Å². The van der Waals surface area contributed by atoms with E-state index in [0.717, 1.165) is 29.7 Å². The zero-order valence-corrected chi connectivity index (χ0v) is 8.82. The number of benzene rings is 1. The molecule has 1 aliphatic rings. The van der Waals surface area contributed by atoms with Gasteiger partial charge >= 0.3 is 0 Å². The first kappa shape index (κ1) is 9.97. The summed E-state index contributed by atoms with van der Waals surface area (Å²) in [5.41, 5.74) is 1.92. The van der Waals surface area contributed by atoms with E-state index in [1.807, 2.05) is 30.3 Å². The number of carbonyl (C=O) groups excluding carboxylic acids is 1. The summed E-state index contributed by atoms with van der Waals surface area (Å²) in [7, 11) is 1.65. The van der Waals surface area contributed by atoms with E-state index in [1.165, 1.54) is 0 Å². The fourth-order valence-electron chi connectivity index (χ4n) is 1.87. The van der Waals surface area contributed by atoms with Crippen LogP contribution < -0.4 is 4.74 Å². The molecule has 1 fully saturated rings. The zero-order chi connectivity index (χ0) is 10.7. The van der Waals surface area contributed by atoms with Crippen molar-refractivity contribution in [1.29, 1.82) is 0 Å². The molecule has 0 spiro atoms. The molecule has 0 aliphatic heterocycles. The van der Waals surface area contributed by atoms with Gasteiger partial charge in [0.2, 0.25) is 0 Å². The maximum atomic E-state index is 11.5. The largest absolute Gasteiger partial charge is 0.496 e. The summed E-state index contributed by atoms with van der Waals surface area (Å²) < 4.78 is 5.23. The molecule has 1 saturated carbocycles. The van der Waals surface area contributed by atoms with Gasteiger partial charge in [-0.05, 0) is 30.6 Å². The van der Waals surface area contributed by atoms with Crippen molar-refractivity contribution in [2.75, 3.05) is 7.11 Å². The monoisotopic (exact) mass is 202 g/mol. The number of methoxy groups -OCH3 is 1. The second kappa shape index (κ2) is 4.30. The molecular formula is C13H14O2. The molecular weight excluding hydrogens is 188 g/mol. The van der Waals surface area contributed by atoms with Crippen LogP contribution in [0.15, 0.2) is 29.8 Å². The topological polar surface area (TPSA) is 26.3 Å². The Morgan fingerprint density at radius 1 is 1.27 bits per heavy atom. The van der Waals surface area contributed by atoms with Crippen molar-refractivity contribution in [2.24, 2.45) is 0 Å². The molecule has 0 radical (unpaired) electrons. The van der Waals surface area contributed by atoms with E-state index in [4.69, 9.17) is 4.74 Å². The van der Waals surface area contributed by atoms with Gasteiger partial charge in [-0.3, -0.25) is 4.79 Å². The molecule has 1 aromatic rings. The Kier molecular flexibility index (Phi) is 2.86. The Labute approximate surface area is 89.6 Å². The number of hydrogen-bond donors (Lipinski definition) is 0. The van der Waals surface area contributed by atoms with Crippen LogP contribution in [-0.4, -0.2) is 12.9 Å². The van der Waals surface area contributed by atoms with Gasteiger partial charge in [0.15, 0.2) is 5.78 Å². The minimum absolute atomic E-state index is 0.279. The van der Waals surface area contributed by atoms with Gasteiger partial charge in [0.1, 0.15) is 5.75 Å². The lowest BCUT2D eigenvalue weighted by Gasteiger charge is -2.04. The molecule has 78 valence electrons. The Balaban J connectivity index is 2.34. The van der Waals surface area contributed by atoms with Gasteiger partial charge in [0, 0.05) is 12.0 Å². The highest BCUT2D eigenvalue weighted by atomic mass is 16.5. The molecule has 0 amide bonds. The van der Waals surface area contributed by atoms with Gasteiger partial charge in [-0.25, -0.2) is 0 Å². The van der Waals surface area contributed by atoms with E-state index in [1.54, 1.807) is 7.11 Å². The SMILES string of the molecule is COc1ccccc1/C=C1\CCCC1=O. The quantitative estimate of drug-likeness (QED) is 0.689. The van der Waals surface area contributed by atoms with E-state index in [9.17, 15) is 4.79 Å². The van der Waals surface area contributed by atoms with E-state index >= 15 is 0 Å². The van der Waals surface area contributed by atoms with Crippen LogP contribution in [0.5, 0.6) is 5.75 Å². The minimum atomic E-state index is 0.279. The summed E-state index contributed by atoms with van der Waals surface area (Å²) in [5.74, 6) is 1.10. The lowest BCUT2D eigenvalue weighted by molar-refractivity contribution is -0.114. The molecule has 2 nitrogen and oxygen atoms in total.